The molecule has 0 aromatic carbocycles. The van der Waals surface area contributed by atoms with Crippen molar-refractivity contribution >= 4 is 0 Å². The number of hydrogen-bond acceptors (Lipinski definition) is 2. The zero-order chi connectivity index (χ0) is 6.69. The van der Waals surface area contributed by atoms with Gasteiger partial charge in [-0.3, -0.25) is 4.84 Å². The van der Waals surface area contributed by atoms with Gasteiger partial charge in [-0.1, -0.05) is 20.3 Å². The first-order chi connectivity index (χ1) is 4.33. The molecule has 1 radical (unpaired) electrons. The van der Waals surface area contributed by atoms with Crippen molar-refractivity contribution in [3.8, 4) is 0 Å². The maximum absolute atomic E-state index is 4.83. The SMILES string of the molecule is CCCC(C)CN1[CH]O1. The van der Waals surface area contributed by atoms with Crippen LogP contribution in [-0.4, -0.2) is 11.6 Å². The third-order valence-corrected chi connectivity index (χ3v) is 1.53. The Labute approximate surface area is 56.8 Å². The summed E-state index contributed by atoms with van der Waals surface area (Å²) in [5, 5.41) is 1.88. The molecule has 0 N–H and O–H groups in total. The van der Waals surface area contributed by atoms with E-state index in [2.05, 4.69) is 13.8 Å². The molecule has 53 valence electrons. The van der Waals surface area contributed by atoms with Crippen LogP contribution in [0.25, 0.3) is 0 Å². The van der Waals surface area contributed by atoms with Crippen LogP contribution in [0.2, 0.25) is 0 Å². The lowest BCUT2D eigenvalue weighted by Gasteiger charge is -2.06. The van der Waals surface area contributed by atoms with E-state index in [1.807, 2.05) is 5.06 Å². The second-order valence-corrected chi connectivity index (χ2v) is 2.70. The maximum atomic E-state index is 4.83. The smallest absolute Gasteiger partial charge is 0.197 e. The van der Waals surface area contributed by atoms with Crippen molar-refractivity contribution in [2.24, 2.45) is 5.92 Å². The van der Waals surface area contributed by atoms with Crippen LogP contribution in [0.1, 0.15) is 26.7 Å². The average molecular weight is 128 g/mol. The minimum absolute atomic E-state index is 0.772. The molecule has 0 bridgehead atoms. The summed E-state index contributed by atoms with van der Waals surface area (Å²) >= 11 is 0. The molecular weight excluding hydrogens is 114 g/mol. The van der Waals surface area contributed by atoms with E-state index in [1.165, 1.54) is 12.8 Å². The van der Waals surface area contributed by atoms with Gasteiger partial charge < -0.3 is 0 Å². The predicted octanol–water partition coefficient (Wildman–Crippen LogP) is 1.79. The molecule has 2 nitrogen and oxygen atoms in total. The van der Waals surface area contributed by atoms with Crippen molar-refractivity contribution in [3.63, 3.8) is 0 Å². The van der Waals surface area contributed by atoms with Crippen molar-refractivity contribution in [1.82, 2.24) is 5.06 Å². The Morgan fingerprint density at radius 3 is 2.78 bits per heavy atom. The maximum Gasteiger partial charge on any atom is 0.197 e. The average Bonchev–Trinajstić information content (AvgIpc) is 2.50. The van der Waals surface area contributed by atoms with Gasteiger partial charge in [-0.05, 0) is 12.3 Å². The van der Waals surface area contributed by atoms with Crippen LogP contribution >= 0.6 is 0 Å². The van der Waals surface area contributed by atoms with Crippen molar-refractivity contribution in [2.75, 3.05) is 6.54 Å². The highest BCUT2D eigenvalue weighted by Crippen LogP contribution is 2.17. The summed E-state index contributed by atoms with van der Waals surface area (Å²) in [6.45, 7) is 7.28. The van der Waals surface area contributed by atoms with Gasteiger partial charge in [0.2, 0.25) is 0 Å². The van der Waals surface area contributed by atoms with E-state index < -0.39 is 0 Å². The molecule has 0 aromatic rings. The zero-order valence-corrected chi connectivity index (χ0v) is 6.13. The molecule has 1 aliphatic rings. The van der Waals surface area contributed by atoms with Crippen LogP contribution in [0, 0.1) is 12.6 Å². The molecule has 0 aliphatic carbocycles. The van der Waals surface area contributed by atoms with Crippen LogP contribution in [0.3, 0.4) is 0 Å². The molecule has 2 heteroatoms. The third kappa shape index (κ3) is 2.82. The first-order valence-electron chi connectivity index (χ1n) is 3.59. The number of nitrogens with zero attached hydrogens (tertiary/aromatic N) is 1. The van der Waals surface area contributed by atoms with E-state index in [1.54, 1.807) is 6.73 Å². The van der Waals surface area contributed by atoms with E-state index in [0.29, 0.717) is 0 Å². The summed E-state index contributed by atoms with van der Waals surface area (Å²) in [7, 11) is 0. The second kappa shape index (κ2) is 3.18. The van der Waals surface area contributed by atoms with E-state index in [0.717, 1.165) is 12.5 Å². The highest BCUT2D eigenvalue weighted by Gasteiger charge is 2.21. The Bertz CT molecular complexity index is 81.0. The van der Waals surface area contributed by atoms with Crippen molar-refractivity contribution in [3.05, 3.63) is 6.73 Å². The fraction of sp³-hybridized carbons (Fsp3) is 0.857. The Balaban J connectivity index is 1.95. The zero-order valence-electron chi connectivity index (χ0n) is 6.13. The van der Waals surface area contributed by atoms with Crippen molar-refractivity contribution < 1.29 is 4.84 Å². The minimum atomic E-state index is 0.772. The predicted molar refractivity (Wildman–Crippen MR) is 36.2 cm³/mol. The van der Waals surface area contributed by atoms with Crippen molar-refractivity contribution in [1.29, 1.82) is 0 Å². The summed E-state index contributed by atoms with van der Waals surface area (Å²) in [6, 6.07) is 0. The molecule has 9 heavy (non-hydrogen) atoms. The molecule has 2 unspecified atom stereocenters. The summed E-state index contributed by atoms with van der Waals surface area (Å²) in [5.74, 6) is 0.772. The Morgan fingerprint density at radius 2 is 2.33 bits per heavy atom. The van der Waals surface area contributed by atoms with Crippen LogP contribution in [0.4, 0.5) is 0 Å². The molecule has 1 fully saturated rings. The summed E-state index contributed by atoms with van der Waals surface area (Å²) in [6.07, 6.45) is 2.57. The molecule has 1 heterocycles. The lowest BCUT2D eigenvalue weighted by Crippen LogP contribution is -2.08. The Kier molecular flexibility index (Phi) is 2.49. The van der Waals surface area contributed by atoms with E-state index in [-0.39, 0.29) is 0 Å². The minimum Gasteiger partial charge on any atom is -0.271 e. The lowest BCUT2D eigenvalue weighted by atomic mass is 10.1. The van der Waals surface area contributed by atoms with E-state index in [4.69, 9.17) is 4.84 Å². The van der Waals surface area contributed by atoms with Crippen molar-refractivity contribution in [2.45, 2.75) is 26.7 Å². The molecule has 0 aromatic heterocycles. The summed E-state index contributed by atoms with van der Waals surface area (Å²) < 4.78 is 0. The van der Waals surface area contributed by atoms with Gasteiger partial charge in [0.15, 0.2) is 6.73 Å². The molecule has 1 saturated heterocycles. The number of rotatable bonds is 4. The summed E-state index contributed by atoms with van der Waals surface area (Å²) in [5.41, 5.74) is 0. The van der Waals surface area contributed by atoms with E-state index in [9.17, 15) is 0 Å². The summed E-state index contributed by atoms with van der Waals surface area (Å²) in [4.78, 5) is 4.83. The molecule has 1 aliphatic heterocycles. The molecule has 0 spiro atoms. The van der Waals surface area contributed by atoms with Gasteiger partial charge in [0.1, 0.15) is 0 Å². The lowest BCUT2D eigenvalue weighted by molar-refractivity contribution is 0.176. The Hall–Kier alpha value is -0.0800. The highest BCUT2D eigenvalue weighted by atomic mass is 16.8. The van der Waals surface area contributed by atoms with Gasteiger partial charge in [-0.2, -0.15) is 5.06 Å². The topological polar surface area (TPSA) is 15.5 Å². The van der Waals surface area contributed by atoms with Crippen LogP contribution in [0.5, 0.6) is 0 Å². The van der Waals surface area contributed by atoms with Crippen LogP contribution in [0.15, 0.2) is 0 Å². The van der Waals surface area contributed by atoms with Gasteiger partial charge in [-0.25, -0.2) is 0 Å². The van der Waals surface area contributed by atoms with Crippen LogP contribution in [-0.2, 0) is 4.84 Å². The van der Waals surface area contributed by atoms with Gasteiger partial charge in [0.25, 0.3) is 0 Å². The first kappa shape index (κ1) is 7.03. The monoisotopic (exact) mass is 128 g/mol. The van der Waals surface area contributed by atoms with Crippen LogP contribution < -0.4 is 0 Å². The van der Waals surface area contributed by atoms with Gasteiger partial charge >= 0.3 is 0 Å². The largest absolute Gasteiger partial charge is 0.271 e. The molecule has 2 atom stereocenters. The molecular formula is C7H14NO. The molecule has 1 rings (SSSR count). The van der Waals surface area contributed by atoms with Gasteiger partial charge in [0.05, 0.1) is 0 Å². The normalized spacial score (nSPS) is 28.0. The molecule has 0 amide bonds. The first-order valence-corrected chi connectivity index (χ1v) is 3.59. The fourth-order valence-electron chi connectivity index (χ4n) is 1.01. The Morgan fingerprint density at radius 1 is 1.67 bits per heavy atom. The van der Waals surface area contributed by atoms with Gasteiger partial charge in [-0.15, -0.1) is 0 Å². The number of hydrogen-bond donors (Lipinski definition) is 0. The highest BCUT2D eigenvalue weighted by molar-refractivity contribution is 4.64. The fourth-order valence-corrected chi connectivity index (χ4v) is 1.01. The second-order valence-electron chi connectivity index (χ2n) is 2.70. The third-order valence-electron chi connectivity index (χ3n) is 1.53. The molecule has 0 saturated carbocycles. The van der Waals surface area contributed by atoms with E-state index >= 15 is 0 Å². The number of hydroxylamine groups is 2. The van der Waals surface area contributed by atoms with Gasteiger partial charge in [0, 0.05) is 6.54 Å². The quantitative estimate of drug-likeness (QED) is 0.536. The standard InChI is InChI=1S/C7H14NO/c1-3-4-7(2)5-8-6-9-8/h6-7H,3-5H2,1-2H3.